The molecular formula is C17H12F2N4O6S. The van der Waals surface area contributed by atoms with Crippen LogP contribution in [0.5, 0.6) is 11.5 Å². The number of ether oxygens (including phenoxy) is 2. The average Bonchev–Trinajstić information content (AvgIpc) is 3.24. The lowest BCUT2D eigenvalue weighted by atomic mass is 10.1. The molecular weight excluding hydrogens is 426 g/mol. The number of hydrogen-bond acceptors (Lipinski definition) is 8. The third-order valence-corrected chi connectivity index (χ3v) is 4.29. The summed E-state index contributed by atoms with van der Waals surface area (Å²) in [6.45, 7) is -3.26. The number of nitro groups is 1. The van der Waals surface area contributed by atoms with E-state index < -0.39 is 40.4 Å². The molecule has 0 saturated heterocycles. The molecule has 156 valence electrons. The fraction of sp³-hybridized carbons (Fsp3) is 0.118. The van der Waals surface area contributed by atoms with Gasteiger partial charge in [0.25, 0.3) is 17.5 Å². The van der Waals surface area contributed by atoms with Gasteiger partial charge in [-0.3, -0.25) is 30.6 Å². The molecule has 0 bridgehead atoms. The minimum atomic E-state index is -3.26. The van der Waals surface area contributed by atoms with Gasteiger partial charge in [-0.2, -0.15) is 14.0 Å². The lowest BCUT2D eigenvalue weighted by Gasteiger charge is -2.11. The Balaban J connectivity index is 2.32. The molecule has 1 heterocycles. The van der Waals surface area contributed by atoms with Crippen molar-refractivity contribution in [3.63, 3.8) is 0 Å². The number of thiophene rings is 1. The van der Waals surface area contributed by atoms with E-state index in [2.05, 4.69) is 10.2 Å². The average molecular weight is 438 g/mol. The molecule has 0 aliphatic carbocycles. The van der Waals surface area contributed by atoms with Crippen LogP contribution in [0.2, 0.25) is 0 Å². The lowest BCUT2D eigenvalue weighted by Crippen LogP contribution is -2.41. The van der Waals surface area contributed by atoms with Crippen molar-refractivity contribution in [1.29, 1.82) is 5.26 Å². The van der Waals surface area contributed by atoms with Crippen LogP contribution in [0.25, 0.3) is 6.08 Å². The number of hydrazine groups is 1. The second-order valence-electron chi connectivity index (χ2n) is 5.25. The van der Waals surface area contributed by atoms with Crippen LogP contribution in [0.4, 0.5) is 14.5 Å². The van der Waals surface area contributed by atoms with E-state index in [-0.39, 0.29) is 11.3 Å². The molecule has 0 saturated carbocycles. The Morgan fingerprint density at radius 3 is 2.60 bits per heavy atom. The molecule has 0 atom stereocenters. The number of nitro benzene ring substituents is 1. The van der Waals surface area contributed by atoms with Crippen LogP contribution in [-0.4, -0.2) is 30.5 Å². The summed E-state index contributed by atoms with van der Waals surface area (Å²) in [5.74, 6) is -2.56. The topological polar surface area (TPSA) is 144 Å². The van der Waals surface area contributed by atoms with Crippen molar-refractivity contribution in [2.24, 2.45) is 0 Å². The number of nitrogens with one attached hydrogen (secondary N) is 2. The van der Waals surface area contributed by atoms with E-state index in [1.807, 2.05) is 5.43 Å². The van der Waals surface area contributed by atoms with E-state index in [0.717, 1.165) is 30.6 Å². The van der Waals surface area contributed by atoms with Gasteiger partial charge in [0, 0.05) is 0 Å². The van der Waals surface area contributed by atoms with Gasteiger partial charge in [-0.15, -0.1) is 11.3 Å². The molecule has 0 fully saturated rings. The molecule has 2 N–H and O–H groups in total. The van der Waals surface area contributed by atoms with Crippen molar-refractivity contribution in [3.8, 4) is 17.6 Å². The number of nitrogens with zero attached hydrogens (tertiary/aromatic N) is 2. The van der Waals surface area contributed by atoms with E-state index in [1.54, 1.807) is 17.5 Å². The number of carbonyl (C=O) groups is 2. The van der Waals surface area contributed by atoms with Crippen LogP contribution in [-0.2, 0) is 4.79 Å². The van der Waals surface area contributed by atoms with Gasteiger partial charge in [-0.25, -0.2) is 0 Å². The summed E-state index contributed by atoms with van der Waals surface area (Å²) >= 11 is 1.12. The third kappa shape index (κ3) is 5.49. The quantitative estimate of drug-likeness (QED) is 0.293. The Labute approximate surface area is 171 Å². The van der Waals surface area contributed by atoms with Crippen LogP contribution in [0.3, 0.4) is 0 Å². The molecule has 0 unspecified atom stereocenters. The standard InChI is InChI=1S/C17H12F2N4O6S/c1-28-12-6-9(11(23(26)27)7-13(12)29-17(18)19)5-10(8-20)15(24)21-22-16(25)14-3-2-4-30-14/h2-7,17H,1H3,(H,21,24)(H,22,25). The fourth-order valence-corrected chi connectivity index (χ4v) is 2.76. The minimum absolute atomic E-state index is 0.282. The van der Waals surface area contributed by atoms with Crippen molar-refractivity contribution in [2.75, 3.05) is 7.11 Å². The molecule has 0 aliphatic heterocycles. The monoisotopic (exact) mass is 438 g/mol. The van der Waals surface area contributed by atoms with Crippen LogP contribution < -0.4 is 20.3 Å². The van der Waals surface area contributed by atoms with Crippen LogP contribution >= 0.6 is 11.3 Å². The highest BCUT2D eigenvalue weighted by atomic mass is 32.1. The largest absolute Gasteiger partial charge is 0.493 e. The van der Waals surface area contributed by atoms with Crippen molar-refractivity contribution < 1.29 is 32.8 Å². The molecule has 0 radical (unpaired) electrons. The van der Waals surface area contributed by atoms with Gasteiger partial charge in [0.1, 0.15) is 11.6 Å². The molecule has 2 aromatic rings. The Morgan fingerprint density at radius 1 is 1.33 bits per heavy atom. The smallest absolute Gasteiger partial charge is 0.387 e. The molecule has 2 amide bonds. The number of methoxy groups -OCH3 is 1. The van der Waals surface area contributed by atoms with Gasteiger partial charge in [0.15, 0.2) is 11.5 Å². The van der Waals surface area contributed by atoms with Crippen LogP contribution in [0, 0.1) is 21.4 Å². The first kappa shape index (κ1) is 22.2. The highest BCUT2D eigenvalue weighted by Crippen LogP contribution is 2.36. The summed E-state index contributed by atoms with van der Waals surface area (Å²) in [5, 5.41) is 22.2. The summed E-state index contributed by atoms with van der Waals surface area (Å²) < 4.78 is 34.1. The normalized spacial score (nSPS) is 10.8. The zero-order valence-electron chi connectivity index (χ0n) is 15.0. The van der Waals surface area contributed by atoms with Gasteiger partial charge in [0.05, 0.1) is 28.5 Å². The zero-order valence-corrected chi connectivity index (χ0v) is 15.9. The molecule has 1 aromatic carbocycles. The number of benzene rings is 1. The maximum atomic E-state index is 12.5. The molecule has 2 rings (SSSR count). The Kier molecular flexibility index (Phi) is 7.37. The SMILES string of the molecule is COc1cc(C=C(C#N)C(=O)NNC(=O)c2cccs2)c([N+](=O)[O-])cc1OC(F)F. The predicted molar refractivity (Wildman–Crippen MR) is 99.8 cm³/mol. The predicted octanol–water partition coefficient (Wildman–Crippen LogP) is 2.63. The maximum absolute atomic E-state index is 12.5. The molecule has 30 heavy (non-hydrogen) atoms. The number of nitriles is 1. The van der Waals surface area contributed by atoms with Gasteiger partial charge < -0.3 is 9.47 Å². The number of amides is 2. The summed E-state index contributed by atoms with van der Waals surface area (Å²) in [6.07, 6.45) is 0.847. The van der Waals surface area contributed by atoms with Crippen LogP contribution in [0.15, 0.2) is 35.2 Å². The highest BCUT2D eigenvalue weighted by molar-refractivity contribution is 7.12. The van der Waals surface area contributed by atoms with E-state index in [9.17, 15) is 33.7 Å². The van der Waals surface area contributed by atoms with Gasteiger partial charge in [-0.05, 0) is 23.6 Å². The molecule has 0 aliphatic rings. The molecule has 13 heteroatoms. The van der Waals surface area contributed by atoms with E-state index in [1.165, 1.54) is 6.07 Å². The third-order valence-electron chi connectivity index (χ3n) is 3.43. The highest BCUT2D eigenvalue weighted by Gasteiger charge is 2.22. The summed E-state index contributed by atoms with van der Waals surface area (Å²) in [6, 6.07) is 6.32. The Hall–Kier alpha value is -4.05. The van der Waals surface area contributed by atoms with Crippen molar-refractivity contribution >= 4 is 34.9 Å². The Morgan fingerprint density at radius 2 is 2.07 bits per heavy atom. The van der Waals surface area contributed by atoms with Crippen LogP contribution in [0.1, 0.15) is 15.2 Å². The van der Waals surface area contributed by atoms with Gasteiger partial charge in [-0.1, -0.05) is 6.07 Å². The number of rotatable bonds is 7. The van der Waals surface area contributed by atoms with E-state index >= 15 is 0 Å². The van der Waals surface area contributed by atoms with E-state index in [4.69, 9.17) is 4.74 Å². The first-order chi connectivity index (χ1) is 14.3. The molecule has 10 nitrogen and oxygen atoms in total. The first-order valence-electron chi connectivity index (χ1n) is 7.84. The van der Waals surface area contributed by atoms with Crippen molar-refractivity contribution in [2.45, 2.75) is 6.61 Å². The van der Waals surface area contributed by atoms with Gasteiger partial charge >= 0.3 is 6.61 Å². The van der Waals surface area contributed by atoms with Crippen molar-refractivity contribution in [3.05, 3.63) is 55.8 Å². The second-order valence-corrected chi connectivity index (χ2v) is 6.20. The number of alkyl halides is 2. The number of carbonyl (C=O) groups excluding carboxylic acids is 2. The number of hydrogen-bond donors (Lipinski definition) is 2. The maximum Gasteiger partial charge on any atom is 0.387 e. The first-order valence-corrected chi connectivity index (χ1v) is 8.72. The summed E-state index contributed by atoms with van der Waals surface area (Å²) in [5.41, 5.74) is 2.50. The summed E-state index contributed by atoms with van der Waals surface area (Å²) in [4.78, 5) is 34.7. The zero-order chi connectivity index (χ0) is 22.3. The van der Waals surface area contributed by atoms with Gasteiger partial charge in [0.2, 0.25) is 0 Å². The molecule has 0 spiro atoms. The Bertz CT molecular complexity index is 1030. The summed E-state index contributed by atoms with van der Waals surface area (Å²) in [7, 11) is 1.12. The fourth-order valence-electron chi connectivity index (χ4n) is 2.14. The van der Waals surface area contributed by atoms with E-state index in [0.29, 0.717) is 10.9 Å². The van der Waals surface area contributed by atoms with Crippen molar-refractivity contribution in [1.82, 2.24) is 10.9 Å². The minimum Gasteiger partial charge on any atom is -0.493 e. The lowest BCUT2D eigenvalue weighted by molar-refractivity contribution is -0.385. The second kappa shape index (κ2) is 9.94. The molecule has 1 aromatic heterocycles. The number of halogens is 2.